The van der Waals surface area contributed by atoms with E-state index < -0.39 is 0 Å². The third-order valence-electron chi connectivity index (χ3n) is 1.57. The lowest BCUT2D eigenvalue weighted by molar-refractivity contribution is 1.16. The van der Waals surface area contributed by atoms with E-state index in [4.69, 9.17) is 16.9 Å². The average molecular weight is 324 g/mol. The van der Waals surface area contributed by atoms with E-state index in [-0.39, 0.29) is 0 Å². The molecule has 0 aliphatic carbocycles. The number of hydrogen-bond acceptors (Lipinski definition) is 2. The molecule has 68 valence electrons. The van der Waals surface area contributed by atoms with Crippen LogP contribution in [0.3, 0.4) is 0 Å². The Labute approximate surface area is 100 Å². The van der Waals surface area contributed by atoms with Gasteiger partial charge in [-0.1, -0.05) is 18.5 Å². The maximum atomic E-state index is 8.77. The summed E-state index contributed by atoms with van der Waals surface area (Å²) in [6.07, 6.45) is 0.682. The fourth-order valence-electron chi connectivity index (χ4n) is 0.883. The molecule has 0 fully saturated rings. The summed E-state index contributed by atoms with van der Waals surface area (Å²) in [5.41, 5.74) is 1.60. The highest BCUT2D eigenvalue weighted by Crippen LogP contribution is 2.29. The highest BCUT2D eigenvalue weighted by molar-refractivity contribution is 14.1. The van der Waals surface area contributed by atoms with E-state index in [2.05, 4.69) is 28.7 Å². The van der Waals surface area contributed by atoms with E-state index in [1.54, 1.807) is 11.3 Å². The number of rotatable bonds is 2. The molecule has 4 heteroatoms. The van der Waals surface area contributed by atoms with Crippen LogP contribution in [0.1, 0.15) is 18.9 Å². The lowest BCUT2D eigenvalue weighted by Crippen LogP contribution is -1.80. The molecule has 0 amide bonds. The van der Waals surface area contributed by atoms with Crippen LogP contribution in [0.4, 0.5) is 0 Å². The number of hydrogen-bond donors (Lipinski definition) is 0. The van der Waals surface area contributed by atoms with Crippen LogP contribution in [0.5, 0.6) is 0 Å². The van der Waals surface area contributed by atoms with E-state index in [1.807, 2.05) is 18.4 Å². The largest absolute Gasteiger partial charge is 0.193 e. The summed E-state index contributed by atoms with van der Waals surface area (Å²) >= 11 is 9.91. The number of nitrogens with zero attached hydrogens (tertiary/aromatic N) is 1. The van der Waals surface area contributed by atoms with Crippen molar-refractivity contribution in [3.8, 4) is 6.07 Å². The lowest BCUT2D eigenvalue weighted by atomic mass is 10.1. The second kappa shape index (κ2) is 4.99. The molecule has 1 rings (SSSR count). The van der Waals surface area contributed by atoms with Gasteiger partial charge in [-0.15, -0.1) is 11.3 Å². The van der Waals surface area contributed by atoms with Gasteiger partial charge in [0.2, 0.25) is 0 Å². The highest BCUT2D eigenvalue weighted by Gasteiger charge is 2.06. The van der Waals surface area contributed by atoms with Crippen molar-refractivity contribution >= 4 is 50.6 Å². The Bertz CT molecular complexity index is 375. The van der Waals surface area contributed by atoms with Crippen LogP contribution in [-0.4, -0.2) is 0 Å². The van der Waals surface area contributed by atoms with Gasteiger partial charge in [0.15, 0.2) is 0 Å². The van der Waals surface area contributed by atoms with Gasteiger partial charge in [-0.3, -0.25) is 0 Å². The van der Waals surface area contributed by atoms with Crippen molar-refractivity contribution in [2.45, 2.75) is 13.3 Å². The highest BCUT2D eigenvalue weighted by atomic mass is 127. The zero-order chi connectivity index (χ0) is 9.84. The molecule has 0 aliphatic heterocycles. The fourth-order valence-corrected chi connectivity index (χ4v) is 2.57. The molecule has 0 atom stereocenters. The van der Waals surface area contributed by atoms with Gasteiger partial charge in [0.05, 0.1) is 14.0 Å². The first kappa shape index (κ1) is 11.0. The molecule has 1 nitrogen and oxygen atoms in total. The molecular formula is C9H7ClINS. The summed E-state index contributed by atoms with van der Waals surface area (Å²) < 4.78 is 1.18. The van der Waals surface area contributed by atoms with Gasteiger partial charge in [-0.25, -0.2) is 0 Å². The number of thiophene rings is 1. The lowest BCUT2D eigenvalue weighted by Gasteiger charge is -1.96. The van der Waals surface area contributed by atoms with E-state index in [9.17, 15) is 0 Å². The monoisotopic (exact) mass is 323 g/mol. The molecule has 0 aromatic carbocycles. The maximum Gasteiger partial charge on any atom is 0.0962 e. The molecule has 1 heterocycles. The third kappa shape index (κ3) is 2.70. The Morgan fingerprint density at radius 3 is 2.85 bits per heavy atom. The molecule has 0 saturated carbocycles. The third-order valence-corrected chi connectivity index (χ3v) is 3.81. The van der Waals surface area contributed by atoms with E-state index in [0.717, 1.165) is 5.56 Å². The maximum absolute atomic E-state index is 8.77. The van der Waals surface area contributed by atoms with Crippen LogP contribution in [0.2, 0.25) is 0 Å². The minimum absolute atomic E-state index is 0.587. The topological polar surface area (TPSA) is 23.8 Å². The standard InChI is InChI=1S/C9H7ClINS/c1-2-6(4-12)9(10)7-3-8(11)13-5-7/h3,5H,2H2,1H3. The molecule has 0 N–H and O–H groups in total. The number of nitriles is 1. The Kier molecular flexibility index (Phi) is 4.23. The minimum Gasteiger partial charge on any atom is -0.193 e. The molecule has 0 aliphatic rings. The molecular weight excluding hydrogens is 317 g/mol. The zero-order valence-corrected chi connectivity index (χ0v) is 10.7. The van der Waals surface area contributed by atoms with Gasteiger partial charge < -0.3 is 0 Å². The van der Waals surface area contributed by atoms with Crippen LogP contribution >= 0.6 is 45.5 Å². The molecule has 0 radical (unpaired) electrons. The van der Waals surface area contributed by atoms with Crippen molar-refractivity contribution in [2.75, 3.05) is 0 Å². The summed E-state index contributed by atoms with van der Waals surface area (Å²) in [6.45, 7) is 1.93. The Hall–Kier alpha value is -0.0500. The normalized spacial score (nSPS) is 12.2. The van der Waals surface area contributed by atoms with E-state index in [0.29, 0.717) is 17.0 Å². The van der Waals surface area contributed by atoms with Gasteiger partial charge in [-0.05, 0) is 35.1 Å². The molecule has 0 unspecified atom stereocenters. The van der Waals surface area contributed by atoms with Crippen LogP contribution in [-0.2, 0) is 0 Å². The van der Waals surface area contributed by atoms with Crippen molar-refractivity contribution in [3.63, 3.8) is 0 Å². The van der Waals surface area contributed by atoms with Crippen LogP contribution in [0, 0.1) is 14.2 Å². The summed E-state index contributed by atoms with van der Waals surface area (Å²) in [4.78, 5) is 0. The summed E-state index contributed by atoms with van der Waals surface area (Å²) in [6, 6.07) is 4.10. The van der Waals surface area contributed by atoms with Crippen molar-refractivity contribution in [2.24, 2.45) is 0 Å². The predicted molar refractivity (Wildman–Crippen MR) is 65.7 cm³/mol. The van der Waals surface area contributed by atoms with Crippen molar-refractivity contribution in [3.05, 3.63) is 25.5 Å². The summed E-state index contributed by atoms with van der Waals surface area (Å²) in [5.74, 6) is 0. The first-order valence-electron chi connectivity index (χ1n) is 3.72. The van der Waals surface area contributed by atoms with Crippen LogP contribution in [0.15, 0.2) is 17.0 Å². The first-order valence-corrected chi connectivity index (χ1v) is 6.05. The smallest absolute Gasteiger partial charge is 0.0962 e. The van der Waals surface area contributed by atoms with Crippen molar-refractivity contribution < 1.29 is 0 Å². The van der Waals surface area contributed by atoms with Gasteiger partial charge in [-0.2, -0.15) is 5.26 Å². The predicted octanol–water partition coefficient (Wildman–Crippen LogP) is 4.24. The molecule has 1 aromatic rings. The second-order valence-electron chi connectivity index (χ2n) is 2.40. The van der Waals surface area contributed by atoms with Gasteiger partial charge >= 0.3 is 0 Å². The average Bonchev–Trinajstić information content (AvgIpc) is 2.54. The van der Waals surface area contributed by atoms with Crippen molar-refractivity contribution in [1.29, 1.82) is 5.26 Å². The number of allylic oxidation sites excluding steroid dienone is 1. The molecule has 0 saturated heterocycles. The van der Waals surface area contributed by atoms with Crippen LogP contribution < -0.4 is 0 Å². The van der Waals surface area contributed by atoms with Gasteiger partial charge in [0, 0.05) is 16.5 Å². The minimum atomic E-state index is 0.587. The quantitative estimate of drug-likeness (QED) is 0.590. The first-order chi connectivity index (χ1) is 6.19. The zero-order valence-electron chi connectivity index (χ0n) is 6.97. The number of halogens is 2. The summed E-state index contributed by atoms with van der Waals surface area (Å²) in [5, 5.41) is 11.3. The fraction of sp³-hybridized carbons (Fsp3) is 0.222. The SMILES string of the molecule is CCC(C#N)=C(Cl)c1csc(I)c1. The van der Waals surface area contributed by atoms with Gasteiger partial charge in [0.25, 0.3) is 0 Å². The Morgan fingerprint density at radius 2 is 2.46 bits per heavy atom. The van der Waals surface area contributed by atoms with Crippen LogP contribution in [0.25, 0.3) is 5.03 Å². The van der Waals surface area contributed by atoms with Crippen molar-refractivity contribution in [1.82, 2.24) is 0 Å². The molecule has 1 aromatic heterocycles. The van der Waals surface area contributed by atoms with E-state index >= 15 is 0 Å². The van der Waals surface area contributed by atoms with Gasteiger partial charge in [0.1, 0.15) is 0 Å². The molecule has 13 heavy (non-hydrogen) atoms. The molecule has 0 bridgehead atoms. The van der Waals surface area contributed by atoms with E-state index in [1.165, 1.54) is 2.88 Å². The second-order valence-corrected chi connectivity index (χ2v) is 5.58. The summed E-state index contributed by atoms with van der Waals surface area (Å²) in [7, 11) is 0. The Morgan fingerprint density at radius 1 is 1.77 bits per heavy atom. The molecule has 0 spiro atoms. The Balaban J connectivity index is 3.09.